The van der Waals surface area contributed by atoms with Crippen LogP contribution in [0.2, 0.25) is 0 Å². The molecule has 5 nitrogen and oxygen atoms in total. The van der Waals surface area contributed by atoms with Crippen LogP contribution in [-0.2, 0) is 15.7 Å². The maximum atomic E-state index is 12.7. The molecule has 0 aromatic heterocycles. The minimum atomic E-state index is -4.53. The number of halogens is 3. The van der Waals surface area contributed by atoms with E-state index >= 15 is 0 Å². The lowest BCUT2D eigenvalue weighted by molar-refractivity contribution is -0.137. The van der Waals surface area contributed by atoms with Gasteiger partial charge in [0.15, 0.2) is 6.10 Å². The fraction of sp³-hybridized carbons (Fsp3) is 0.222. The standard InChI is InChI=1S/C18H16F3NO4/c1-11(26-17(24)14-8-3-4-9-15(14)25-2)16(23)22-13-7-5-6-12(10-13)18(19,20)21/h3-11H,1-2H3,(H,22,23)/t11-/m1/s1. The Kier molecular flexibility index (Phi) is 5.86. The predicted molar refractivity (Wildman–Crippen MR) is 87.9 cm³/mol. The van der Waals surface area contributed by atoms with Gasteiger partial charge in [0.2, 0.25) is 0 Å². The lowest BCUT2D eigenvalue weighted by Crippen LogP contribution is -2.30. The summed E-state index contributed by atoms with van der Waals surface area (Å²) < 4.78 is 48.2. The van der Waals surface area contributed by atoms with E-state index < -0.39 is 29.7 Å². The van der Waals surface area contributed by atoms with Crippen molar-refractivity contribution in [2.75, 3.05) is 12.4 Å². The van der Waals surface area contributed by atoms with Crippen molar-refractivity contribution in [2.45, 2.75) is 19.2 Å². The zero-order valence-corrected chi connectivity index (χ0v) is 14.0. The van der Waals surface area contributed by atoms with Crippen LogP contribution in [0.15, 0.2) is 48.5 Å². The van der Waals surface area contributed by atoms with Gasteiger partial charge in [0, 0.05) is 5.69 Å². The second kappa shape index (κ2) is 7.90. The van der Waals surface area contributed by atoms with Gasteiger partial charge in [-0.15, -0.1) is 0 Å². The van der Waals surface area contributed by atoms with E-state index in [1.54, 1.807) is 18.2 Å². The van der Waals surface area contributed by atoms with Crippen LogP contribution in [0, 0.1) is 0 Å². The highest BCUT2D eigenvalue weighted by Gasteiger charge is 2.30. The first-order valence-electron chi connectivity index (χ1n) is 7.54. The number of para-hydroxylation sites is 1. The second-order valence-electron chi connectivity index (χ2n) is 5.32. The number of carbonyl (C=O) groups excluding carboxylic acids is 2. The highest BCUT2D eigenvalue weighted by Crippen LogP contribution is 2.30. The van der Waals surface area contributed by atoms with Crippen molar-refractivity contribution in [1.29, 1.82) is 0 Å². The molecule has 8 heteroatoms. The van der Waals surface area contributed by atoms with E-state index in [0.29, 0.717) is 0 Å². The molecule has 2 rings (SSSR count). The normalized spacial score (nSPS) is 12.2. The molecule has 1 N–H and O–H groups in total. The summed E-state index contributed by atoms with van der Waals surface area (Å²) in [6.07, 6.45) is -5.75. The number of hydrogen-bond donors (Lipinski definition) is 1. The molecule has 1 amide bonds. The Balaban J connectivity index is 2.05. The first-order chi connectivity index (χ1) is 12.2. The van der Waals surface area contributed by atoms with Crippen LogP contribution < -0.4 is 10.1 Å². The topological polar surface area (TPSA) is 64.6 Å². The lowest BCUT2D eigenvalue weighted by Gasteiger charge is -2.15. The Hall–Kier alpha value is -3.03. The number of nitrogens with one attached hydrogen (secondary N) is 1. The van der Waals surface area contributed by atoms with Gasteiger partial charge in [-0.1, -0.05) is 18.2 Å². The SMILES string of the molecule is COc1ccccc1C(=O)O[C@H](C)C(=O)Nc1cccc(C(F)(F)F)c1. The van der Waals surface area contributed by atoms with E-state index in [1.807, 2.05) is 0 Å². The number of esters is 1. The number of anilines is 1. The Morgan fingerprint density at radius 1 is 1.08 bits per heavy atom. The Morgan fingerprint density at radius 2 is 1.77 bits per heavy atom. The number of rotatable bonds is 5. The molecule has 0 saturated carbocycles. The van der Waals surface area contributed by atoms with Crippen molar-refractivity contribution >= 4 is 17.6 Å². The molecule has 1 atom stereocenters. The zero-order chi connectivity index (χ0) is 19.3. The summed E-state index contributed by atoms with van der Waals surface area (Å²) in [7, 11) is 1.38. The number of amides is 1. The minimum Gasteiger partial charge on any atom is -0.496 e. The van der Waals surface area contributed by atoms with Gasteiger partial charge in [-0.3, -0.25) is 4.79 Å². The number of carbonyl (C=O) groups is 2. The maximum Gasteiger partial charge on any atom is 0.416 e. The van der Waals surface area contributed by atoms with Gasteiger partial charge >= 0.3 is 12.1 Å². The third-order valence-corrected chi connectivity index (χ3v) is 3.44. The highest BCUT2D eigenvalue weighted by atomic mass is 19.4. The largest absolute Gasteiger partial charge is 0.496 e. The molecule has 0 aliphatic heterocycles. The summed E-state index contributed by atoms with van der Waals surface area (Å²) in [5, 5.41) is 2.29. The fourth-order valence-corrected chi connectivity index (χ4v) is 2.11. The summed E-state index contributed by atoms with van der Waals surface area (Å²) in [6, 6.07) is 10.5. The van der Waals surface area contributed by atoms with Crippen molar-refractivity contribution in [3.05, 3.63) is 59.7 Å². The number of methoxy groups -OCH3 is 1. The first-order valence-corrected chi connectivity index (χ1v) is 7.54. The summed E-state index contributed by atoms with van der Waals surface area (Å²) in [6.45, 7) is 1.32. The molecule has 0 aliphatic rings. The monoisotopic (exact) mass is 367 g/mol. The number of hydrogen-bond acceptors (Lipinski definition) is 4. The molecule has 0 radical (unpaired) electrons. The molecule has 0 unspecified atom stereocenters. The molecule has 0 heterocycles. The van der Waals surface area contributed by atoms with E-state index in [4.69, 9.17) is 9.47 Å². The summed E-state index contributed by atoms with van der Waals surface area (Å²) in [5.41, 5.74) is -0.812. The van der Waals surface area contributed by atoms with Crippen LogP contribution in [0.1, 0.15) is 22.8 Å². The van der Waals surface area contributed by atoms with Gasteiger partial charge < -0.3 is 14.8 Å². The number of benzene rings is 2. The van der Waals surface area contributed by atoms with Crippen LogP contribution in [0.4, 0.5) is 18.9 Å². The van der Waals surface area contributed by atoms with Crippen molar-refractivity contribution in [3.63, 3.8) is 0 Å². The van der Waals surface area contributed by atoms with Crippen molar-refractivity contribution < 1.29 is 32.2 Å². The molecule has 0 bridgehead atoms. The molecule has 26 heavy (non-hydrogen) atoms. The van der Waals surface area contributed by atoms with Gasteiger partial charge in [0.05, 0.1) is 12.7 Å². The highest BCUT2D eigenvalue weighted by molar-refractivity contribution is 5.98. The number of ether oxygens (including phenoxy) is 2. The van der Waals surface area contributed by atoms with E-state index in [9.17, 15) is 22.8 Å². The molecule has 0 saturated heterocycles. The molecule has 2 aromatic carbocycles. The maximum absolute atomic E-state index is 12.7. The summed E-state index contributed by atoms with van der Waals surface area (Å²) in [5.74, 6) is -1.26. The third kappa shape index (κ3) is 4.75. The second-order valence-corrected chi connectivity index (χ2v) is 5.32. The Labute approximate surface area is 147 Å². The number of alkyl halides is 3. The fourth-order valence-electron chi connectivity index (χ4n) is 2.11. The van der Waals surface area contributed by atoms with Gasteiger partial charge in [0.25, 0.3) is 5.91 Å². The average molecular weight is 367 g/mol. The molecule has 0 aliphatic carbocycles. The van der Waals surface area contributed by atoms with Crippen LogP contribution in [0.5, 0.6) is 5.75 Å². The first kappa shape index (κ1) is 19.3. The van der Waals surface area contributed by atoms with Crippen molar-refractivity contribution in [2.24, 2.45) is 0 Å². The molecular formula is C18H16F3NO4. The van der Waals surface area contributed by atoms with Crippen LogP contribution in [0.25, 0.3) is 0 Å². The van der Waals surface area contributed by atoms with E-state index in [2.05, 4.69) is 5.32 Å². The molecular weight excluding hydrogens is 351 g/mol. The quantitative estimate of drug-likeness (QED) is 0.814. The van der Waals surface area contributed by atoms with E-state index in [1.165, 1.54) is 32.2 Å². The summed E-state index contributed by atoms with van der Waals surface area (Å²) >= 11 is 0. The van der Waals surface area contributed by atoms with E-state index in [-0.39, 0.29) is 17.0 Å². The van der Waals surface area contributed by atoms with Gasteiger partial charge in [0.1, 0.15) is 11.3 Å². The van der Waals surface area contributed by atoms with Crippen LogP contribution in [0.3, 0.4) is 0 Å². The van der Waals surface area contributed by atoms with Gasteiger partial charge in [-0.05, 0) is 37.3 Å². The minimum absolute atomic E-state index is 0.0509. The molecule has 0 fully saturated rings. The third-order valence-electron chi connectivity index (χ3n) is 3.44. The zero-order valence-electron chi connectivity index (χ0n) is 14.0. The molecule has 0 spiro atoms. The Morgan fingerprint density at radius 3 is 2.42 bits per heavy atom. The molecule has 138 valence electrons. The lowest BCUT2D eigenvalue weighted by atomic mass is 10.2. The average Bonchev–Trinajstić information content (AvgIpc) is 2.61. The van der Waals surface area contributed by atoms with E-state index in [0.717, 1.165) is 12.1 Å². The van der Waals surface area contributed by atoms with Crippen LogP contribution in [-0.4, -0.2) is 25.1 Å². The van der Waals surface area contributed by atoms with Gasteiger partial charge in [-0.25, -0.2) is 4.79 Å². The predicted octanol–water partition coefficient (Wildman–Crippen LogP) is 3.90. The van der Waals surface area contributed by atoms with Gasteiger partial charge in [-0.2, -0.15) is 13.2 Å². The molecule has 2 aromatic rings. The van der Waals surface area contributed by atoms with Crippen molar-refractivity contribution in [3.8, 4) is 5.75 Å². The smallest absolute Gasteiger partial charge is 0.416 e. The van der Waals surface area contributed by atoms with Crippen LogP contribution >= 0.6 is 0 Å². The summed E-state index contributed by atoms with van der Waals surface area (Å²) in [4.78, 5) is 24.2. The van der Waals surface area contributed by atoms with Crippen molar-refractivity contribution in [1.82, 2.24) is 0 Å². The Bertz CT molecular complexity index is 805.